The number of halogens is 3. The zero-order valence-electron chi connectivity index (χ0n) is 12.1. The molecule has 0 spiro atoms. The first-order chi connectivity index (χ1) is 9.99. The molecule has 1 fully saturated rings. The highest BCUT2D eigenvalue weighted by atomic mass is 35.5. The fourth-order valence-electron chi connectivity index (χ4n) is 3.02. The molecule has 2 aliphatic heterocycles. The highest BCUT2D eigenvalue weighted by Gasteiger charge is 2.39. The molecule has 1 saturated heterocycles. The van der Waals surface area contributed by atoms with Gasteiger partial charge in [-0.05, 0) is 42.5 Å². The van der Waals surface area contributed by atoms with Crippen LogP contribution in [0.1, 0.15) is 24.0 Å². The van der Waals surface area contributed by atoms with Crippen molar-refractivity contribution >= 4 is 41.5 Å². The number of benzene rings is 1. The monoisotopic (exact) mass is 364 g/mol. The maximum Gasteiger partial charge on any atom is 0.243 e. The van der Waals surface area contributed by atoms with Gasteiger partial charge in [0.25, 0.3) is 0 Å². The minimum Gasteiger partial charge on any atom is -0.381 e. The summed E-state index contributed by atoms with van der Waals surface area (Å²) >= 11 is 12.3. The number of ether oxygens (including phenoxy) is 1. The van der Waals surface area contributed by atoms with Crippen LogP contribution in [0.25, 0.3) is 0 Å². The molecule has 7 heteroatoms. The smallest absolute Gasteiger partial charge is 0.243 e. The summed E-state index contributed by atoms with van der Waals surface area (Å²) in [7, 11) is 0. The molecule has 4 nitrogen and oxygen atoms in total. The van der Waals surface area contributed by atoms with Gasteiger partial charge in [0, 0.05) is 36.3 Å². The van der Waals surface area contributed by atoms with Crippen molar-refractivity contribution in [3.63, 3.8) is 0 Å². The third kappa shape index (κ3) is 3.36. The van der Waals surface area contributed by atoms with Gasteiger partial charge in [0.2, 0.25) is 5.91 Å². The van der Waals surface area contributed by atoms with Gasteiger partial charge in [-0.15, -0.1) is 12.4 Å². The predicted molar refractivity (Wildman–Crippen MR) is 89.8 cm³/mol. The van der Waals surface area contributed by atoms with E-state index in [1.165, 1.54) is 0 Å². The van der Waals surface area contributed by atoms with Crippen LogP contribution in [0.3, 0.4) is 0 Å². The van der Waals surface area contributed by atoms with Crippen LogP contribution in [-0.2, 0) is 22.5 Å². The Kier molecular flexibility index (Phi) is 5.62. The summed E-state index contributed by atoms with van der Waals surface area (Å²) in [5, 5.41) is 1.26. The summed E-state index contributed by atoms with van der Waals surface area (Å²) in [6, 6.07) is 3.65. The Hall–Kier alpha value is -0.520. The Bertz CT molecular complexity index is 574. The van der Waals surface area contributed by atoms with E-state index in [0.29, 0.717) is 49.2 Å². The molecule has 0 unspecified atom stereocenters. The van der Waals surface area contributed by atoms with Crippen molar-refractivity contribution in [1.29, 1.82) is 0 Å². The molecule has 0 atom stereocenters. The summed E-state index contributed by atoms with van der Waals surface area (Å²) in [5.74, 6) is 0.00228. The molecule has 3 rings (SSSR count). The Morgan fingerprint density at radius 2 is 1.95 bits per heavy atom. The minimum absolute atomic E-state index is 0. The molecule has 1 aromatic carbocycles. The fourth-order valence-corrected chi connectivity index (χ4v) is 3.62. The summed E-state index contributed by atoms with van der Waals surface area (Å²) in [6.45, 7) is 2.25. The standard InChI is InChI=1S/C15H18Cl2N2O2.ClH/c16-11-7-10-1-4-19(9-12(10)13(17)8-11)14(20)15(18)2-5-21-6-3-15;/h7-8H,1-6,9,18H2;1H. The molecular weight excluding hydrogens is 347 g/mol. The second-order valence-corrected chi connectivity index (χ2v) is 6.61. The summed E-state index contributed by atoms with van der Waals surface area (Å²) in [6.07, 6.45) is 1.90. The maximum absolute atomic E-state index is 12.7. The number of amides is 1. The van der Waals surface area contributed by atoms with Crippen LogP contribution < -0.4 is 5.73 Å². The average molecular weight is 366 g/mol. The van der Waals surface area contributed by atoms with E-state index in [4.69, 9.17) is 33.7 Å². The quantitative estimate of drug-likeness (QED) is 0.832. The van der Waals surface area contributed by atoms with E-state index in [-0.39, 0.29) is 18.3 Å². The summed E-state index contributed by atoms with van der Waals surface area (Å²) in [5.41, 5.74) is 7.60. The molecule has 2 heterocycles. The van der Waals surface area contributed by atoms with Crippen molar-refractivity contribution in [2.45, 2.75) is 31.3 Å². The summed E-state index contributed by atoms with van der Waals surface area (Å²) in [4.78, 5) is 14.6. The lowest BCUT2D eigenvalue weighted by molar-refractivity contribution is -0.141. The van der Waals surface area contributed by atoms with Crippen molar-refractivity contribution in [3.8, 4) is 0 Å². The molecule has 122 valence electrons. The van der Waals surface area contributed by atoms with E-state index in [1.807, 2.05) is 11.0 Å². The third-order valence-corrected chi connectivity index (χ3v) is 4.91. The summed E-state index contributed by atoms with van der Waals surface area (Å²) < 4.78 is 5.30. The second kappa shape index (κ2) is 6.93. The van der Waals surface area contributed by atoms with Crippen molar-refractivity contribution in [2.75, 3.05) is 19.8 Å². The molecule has 0 saturated carbocycles. The van der Waals surface area contributed by atoms with Gasteiger partial charge in [0.15, 0.2) is 0 Å². The highest BCUT2D eigenvalue weighted by Crippen LogP contribution is 2.31. The molecule has 1 amide bonds. The van der Waals surface area contributed by atoms with Crippen LogP contribution >= 0.6 is 35.6 Å². The van der Waals surface area contributed by atoms with Gasteiger partial charge in [0.05, 0.1) is 5.54 Å². The normalized spacial score (nSPS) is 20.0. The van der Waals surface area contributed by atoms with Crippen LogP contribution in [0.5, 0.6) is 0 Å². The van der Waals surface area contributed by atoms with E-state index in [2.05, 4.69) is 0 Å². The SMILES string of the molecule is Cl.NC1(C(=O)N2CCc3cc(Cl)cc(Cl)c3C2)CCOCC1. The second-order valence-electron chi connectivity index (χ2n) is 5.77. The van der Waals surface area contributed by atoms with Crippen LogP contribution in [0.2, 0.25) is 10.0 Å². The van der Waals surface area contributed by atoms with Crippen LogP contribution in [0.4, 0.5) is 0 Å². The molecule has 0 aromatic heterocycles. The van der Waals surface area contributed by atoms with E-state index >= 15 is 0 Å². The number of carbonyl (C=O) groups is 1. The van der Waals surface area contributed by atoms with Crippen molar-refractivity contribution < 1.29 is 9.53 Å². The number of fused-ring (bicyclic) bond motifs is 1. The number of carbonyl (C=O) groups excluding carboxylic acids is 1. The Balaban J connectivity index is 0.00000176. The number of nitrogens with two attached hydrogens (primary N) is 1. The molecule has 0 radical (unpaired) electrons. The van der Waals surface area contributed by atoms with Crippen LogP contribution in [-0.4, -0.2) is 36.1 Å². The molecule has 2 aliphatic rings. The highest BCUT2D eigenvalue weighted by molar-refractivity contribution is 6.35. The zero-order valence-corrected chi connectivity index (χ0v) is 14.4. The number of hydrogen-bond donors (Lipinski definition) is 1. The van der Waals surface area contributed by atoms with Gasteiger partial charge in [-0.25, -0.2) is 0 Å². The lowest BCUT2D eigenvalue weighted by Crippen LogP contribution is -2.58. The average Bonchev–Trinajstić information content (AvgIpc) is 2.47. The Morgan fingerprint density at radius 3 is 2.64 bits per heavy atom. The minimum atomic E-state index is -0.797. The predicted octanol–water partition coefficient (Wildman–Crippen LogP) is 2.81. The third-order valence-electron chi connectivity index (χ3n) is 4.35. The van der Waals surface area contributed by atoms with Crippen molar-refractivity contribution in [3.05, 3.63) is 33.3 Å². The first-order valence-electron chi connectivity index (χ1n) is 7.12. The topological polar surface area (TPSA) is 55.6 Å². The fraction of sp³-hybridized carbons (Fsp3) is 0.533. The zero-order chi connectivity index (χ0) is 15.0. The molecule has 0 bridgehead atoms. The Morgan fingerprint density at radius 1 is 1.27 bits per heavy atom. The molecule has 2 N–H and O–H groups in total. The van der Waals surface area contributed by atoms with Gasteiger partial charge < -0.3 is 15.4 Å². The number of hydrogen-bond acceptors (Lipinski definition) is 3. The van der Waals surface area contributed by atoms with E-state index in [9.17, 15) is 4.79 Å². The first kappa shape index (κ1) is 17.8. The lowest BCUT2D eigenvalue weighted by Gasteiger charge is -2.39. The van der Waals surface area contributed by atoms with Crippen molar-refractivity contribution in [1.82, 2.24) is 4.90 Å². The van der Waals surface area contributed by atoms with Crippen LogP contribution in [0.15, 0.2) is 12.1 Å². The first-order valence-corrected chi connectivity index (χ1v) is 7.88. The Labute approximate surface area is 146 Å². The largest absolute Gasteiger partial charge is 0.381 e. The van der Waals surface area contributed by atoms with E-state index in [1.54, 1.807) is 6.07 Å². The lowest BCUT2D eigenvalue weighted by atomic mass is 9.88. The van der Waals surface area contributed by atoms with E-state index in [0.717, 1.165) is 17.5 Å². The number of rotatable bonds is 1. The van der Waals surface area contributed by atoms with Gasteiger partial charge >= 0.3 is 0 Å². The van der Waals surface area contributed by atoms with Gasteiger partial charge in [-0.3, -0.25) is 4.79 Å². The van der Waals surface area contributed by atoms with Gasteiger partial charge in [-0.1, -0.05) is 23.2 Å². The molecule has 0 aliphatic carbocycles. The maximum atomic E-state index is 12.7. The molecule has 22 heavy (non-hydrogen) atoms. The molecular formula is C15H19Cl3N2O2. The molecule has 1 aromatic rings. The van der Waals surface area contributed by atoms with Gasteiger partial charge in [-0.2, -0.15) is 0 Å². The number of nitrogens with zero attached hydrogens (tertiary/aromatic N) is 1. The van der Waals surface area contributed by atoms with Crippen molar-refractivity contribution in [2.24, 2.45) is 5.73 Å². The van der Waals surface area contributed by atoms with Crippen LogP contribution in [0, 0.1) is 0 Å². The van der Waals surface area contributed by atoms with E-state index < -0.39 is 5.54 Å². The van der Waals surface area contributed by atoms with Gasteiger partial charge in [0.1, 0.15) is 0 Å².